The predicted octanol–water partition coefficient (Wildman–Crippen LogP) is 3.91. The van der Waals surface area contributed by atoms with E-state index in [1.807, 2.05) is 44.2 Å². The lowest BCUT2D eigenvalue weighted by Gasteiger charge is -2.25. The Bertz CT molecular complexity index is 1140. The minimum absolute atomic E-state index is 0.127. The normalized spacial score (nSPS) is 13.4. The third-order valence-corrected chi connectivity index (χ3v) is 5.88. The standard InChI is InChI=1S/C31H43N3O7/c1-20(2)17-26(29(37)39-7)33-27(35)21(3)32-28(36)25(34-30(38)41-31(4,5)6)18-22-13-15-24(16-14-22)40-19-23-11-9-8-10-12-23/h8-16,20-21,25-26H,17-19H2,1-7H3,(H,32,36)(H,33,35)(H,34,38)/t21-,25+,26+/m1/s1. The first-order chi connectivity index (χ1) is 19.3. The van der Waals surface area contributed by atoms with Gasteiger partial charge in [0.2, 0.25) is 11.8 Å². The Morgan fingerprint density at radius 3 is 1.98 bits per heavy atom. The zero-order valence-electron chi connectivity index (χ0n) is 25.0. The van der Waals surface area contributed by atoms with Crippen LogP contribution in [0.25, 0.3) is 0 Å². The van der Waals surface area contributed by atoms with Gasteiger partial charge in [-0.3, -0.25) is 9.59 Å². The molecule has 0 saturated carbocycles. The second kappa shape index (κ2) is 15.6. The van der Waals surface area contributed by atoms with E-state index < -0.39 is 47.6 Å². The van der Waals surface area contributed by atoms with Gasteiger partial charge in [0.15, 0.2) is 0 Å². The molecule has 3 N–H and O–H groups in total. The largest absolute Gasteiger partial charge is 0.489 e. The summed E-state index contributed by atoms with van der Waals surface area (Å²) in [6.45, 7) is 10.9. The van der Waals surface area contributed by atoms with Crippen molar-refractivity contribution in [2.24, 2.45) is 5.92 Å². The van der Waals surface area contributed by atoms with Crippen molar-refractivity contribution in [3.8, 4) is 5.75 Å². The van der Waals surface area contributed by atoms with Crippen LogP contribution in [0, 0.1) is 5.92 Å². The van der Waals surface area contributed by atoms with Crippen LogP contribution in [0.2, 0.25) is 0 Å². The molecule has 2 rings (SSSR count). The molecule has 41 heavy (non-hydrogen) atoms. The molecule has 0 aliphatic heterocycles. The van der Waals surface area contributed by atoms with E-state index in [4.69, 9.17) is 14.2 Å². The average molecular weight is 570 g/mol. The van der Waals surface area contributed by atoms with Crippen LogP contribution in [0.3, 0.4) is 0 Å². The lowest BCUT2D eigenvalue weighted by atomic mass is 10.0. The van der Waals surface area contributed by atoms with Gasteiger partial charge in [-0.15, -0.1) is 0 Å². The summed E-state index contributed by atoms with van der Waals surface area (Å²) in [6.07, 6.45) is -0.246. The Balaban J connectivity index is 2.10. The third kappa shape index (κ3) is 12.3. The van der Waals surface area contributed by atoms with Crippen LogP contribution in [-0.4, -0.2) is 54.7 Å². The van der Waals surface area contributed by atoms with Gasteiger partial charge >= 0.3 is 12.1 Å². The predicted molar refractivity (Wildman–Crippen MR) is 155 cm³/mol. The number of rotatable bonds is 13. The van der Waals surface area contributed by atoms with Crippen molar-refractivity contribution in [1.29, 1.82) is 0 Å². The number of nitrogens with one attached hydrogen (secondary N) is 3. The smallest absolute Gasteiger partial charge is 0.408 e. The quantitative estimate of drug-likeness (QED) is 0.312. The van der Waals surface area contributed by atoms with Gasteiger partial charge in [0.05, 0.1) is 7.11 Å². The van der Waals surface area contributed by atoms with E-state index in [1.165, 1.54) is 14.0 Å². The number of benzene rings is 2. The van der Waals surface area contributed by atoms with Crippen molar-refractivity contribution in [3.63, 3.8) is 0 Å². The van der Waals surface area contributed by atoms with Crippen LogP contribution in [0.4, 0.5) is 4.79 Å². The highest BCUT2D eigenvalue weighted by Gasteiger charge is 2.29. The maximum atomic E-state index is 13.3. The molecule has 3 amide bonds. The molecule has 0 aromatic heterocycles. The fourth-order valence-corrected chi connectivity index (χ4v) is 3.86. The number of amides is 3. The molecule has 2 aromatic rings. The first kappa shape index (κ1) is 33.1. The van der Waals surface area contributed by atoms with Crippen LogP contribution in [0.1, 0.15) is 59.1 Å². The van der Waals surface area contributed by atoms with Gasteiger partial charge < -0.3 is 30.2 Å². The molecule has 0 radical (unpaired) electrons. The van der Waals surface area contributed by atoms with Crippen LogP contribution in [-0.2, 0) is 36.9 Å². The second-order valence-electron chi connectivity index (χ2n) is 11.3. The second-order valence-corrected chi connectivity index (χ2v) is 11.3. The summed E-state index contributed by atoms with van der Waals surface area (Å²) in [4.78, 5) is 50.8. The molecule has 224 valence electrons. The molecule has 0 unspecified atom stereocenters. The number of ether oxygens (including phenoxy) is 3. The summed E-state index contributed by atoms with van der Waals surface area (Å²) in [5.41, 5.74) is 1.03. The van der Waals surface area contributed by atoms with Crippen molar-refractivity contribution in [2.45, 2.75) is 84.7 Å². The minimum Gasteiger partial charge on any atom is -0.489 e. The van der Waals surface area contributed by atoms with Gasteiger partial charge in [0.1, 0.15) is 36.1 Å². The van der Waals surface area contributed by atoms with Crippen molar-refractivity contribution < 1.29 is 33.4 Å². The lowest BCUT2D eigenvalue weighted by molar-refractivity contribution is -0.145. The van der Waals surface area contributed by atoms with Crippen molar-refractivity contribution in [1.82, 2.24) is 16.0 Å². The third-order valence-electron chi connectivity index (χ3n) is 5.88. The van der Waals surface area contributed by atoms with Crippen LogP contribution >= 0.6 is 0 Å². The molecule has 0 fully saturated rings. The molecule has 2 aromatic carbocycles. The SMILES string of the molecule is COC(=O)[C@H](CC(C)C)NC(=O)[C@@H](C)NC(=O)[C@H](Cc1ccc(OCc2ccccc2)cc1)NC(=O)OC(C)(C)C. The molecule has 10 heteroatoms. The molecule has 0 bridgehead atoms. The minimum atomic E-state index is -1.04. The maximum absolute atomic E-state index is 13.3. The molecular weight excluding hydrogens is 526 g/mol. The van der Waals surface area contributed by atoms with E-state index in [0.29, 0.717) is 18.8 Å². The van der Waals surface area contributed by atoms with Crippen LogP contribution in [0.5, 0.6) is 5.75 Å². The summed E-state index contributed by atoms with van der Waals surface area (Å²) < 4.78 is 16.0. The molecule has 0 spiro atoms. The number of methoxy groups -OCH3 is 1. The summed E-state index contributed by atoms with van der Waals surface area (Å²) in [5, 5.41) is 7.89. The molecule has 3 atom stereocenters. The highest BCUT2D eigenvalue weighted by Crippen LogP contribution is 2.16. The molecule has 0 heterocycles. The van der Waals surface area contributed by atoms with E-state index in [1.54, 1.807) is 45.0 Å². The van der Waals surface area contributed by atoms with E-state index in [-0.39, 0.29) is 12.3 Å². The monoisotopic (exact) mass is 569 g/mol. The van der Waals surface area contributed by atoms with Crippen molar-refractivity contribution in [3.05, 3.63) is 65.7 Å². The summed E-state index contributed by atoms with van der Waals surface area (Å²) >= 11 is 0. The Kier molecular flexibility index (Phi) is 12.6. The van der Waals surface area contributed by atoms with E-state index in [0.717, 1.165) is 11.1 Å². The van der Waals surface area contributed by atoms with Gasteiger partial charge in [-0.1, -0.05) is 56.3 Å². The first-order valence-corrected chi connectivity index (χ1v) is 13.7. The van der Waals surface area contributed by atoms with Gasteiger partial charge in [0, 0.05) is 6.42 Å². The van der Waals surface area contributed by atoms with Crippen molar-refractivity contribution >= 4 is 23.9 Å². The molecule has 0 saturated heterocycles. The number of hydrogen-bond acceptors (Lipinski definition) is 7. The molecule has 0 aliphatic rings. The van der Waals surface area contributed by atoms with Crippen LogP contribution in [0.15, 0.2) is 54.6 Å². The fraction of sp³-hybridized carbons (Fsp3) is 0.484. The van der Waals surface area contributed by atoms with Gasteiger partial charge in [0.25, 0.3) is 0 Å². The van der Waals surface area contributed by atoms with Gasteiger partial charge in [-0.2, -0.15) is 0 Å². The van der Waals surface area contributed by atoms with Gasteiger partial charge in [-0.05, 0) is 63.3 Å². The molecule has 0 aliphatic carbocycles. The van der Waals surface area contributed by atoms with E-state index in [2.05, 4.69) is 16.0 Å². The van der Waals surface area contributed by atoms with Crippen molar-refractivity contribution in [2.75, 3.05) is 7.11 Å². The topological polar surface area (TPSA) is 132 Å². The first-order valence-electron chi connectivity index (χ1n) is 13.7. The number of esters is 1. The fourth-order valence-electron chi connectivity index (χ4n) is 3.86. The zero-order valence-corrected chi connectivity index (χ0v) is 25.0. The summed E-state index contributed by atoms with van der Waals surface area (Å²) in [6, 6.07) is 14.1. The summed E-state index contributed by atoms with van der Waals surface area (Å²) in [7, 11) is 1.25. The Morgan fingerprint density at radius 1 is 0.780 bits per heavy atom. The number of hydrogen-bond donors (Lipinski definition) is 3. The Labute approximate surface area is 242 Å². The maximum Gasteiger partial charge on any atom is 0.408 e. The highest BCUT2D eigenvalue weighted by molar-refractivity contribution is 5.93. The summed E-state index contributed by atoms with van der Waals surface area (Å²) in [5.74, 6) is -0.912. The van der Waals surface area contributed by atoms with Gasteiger partial charge in [-0.25, -0.2) is 9.59 Å². The lowest BCUT2D eigenvalue weighted by Crippen LogP contribution is -2.55. The number of carbonyl (C=O) groups excluding carboxylic acids is 4. The van der Waals surface area contributed by atoms with E-state index in [9.17, 15) is 19.2 Å². The Hall–Kier alpha value is -4.08. The number of carbonyl (C=O) groups is 4. The molecule has 10 nitrogen and oxygen atoms in total. The Morgan fingerprint density at radius 2 is 1.41 bits per heavy atom. The highest BCUT2D eigenvalue weighted by atomic mass is 16.6. The zero-order chi connectivity index (χ0) is 30.6. The average Bonchev–Trinajstić information content (AvgIpc) is 2.90. The van der Waals surface area contributed by atoms with Crippen LogP contribution < -0.4 is 20.7 Å². The molecular formula is C31H43N3O7. The van der Waals surface area contributed by atoms with E-state index >= 15 is 0 Å². The number of alkyl carbamates (subject to hydrolysis) is 1.